The van der Waals surface area contributed by atoms with Crippen molar-refractivity contribution in [3.8, 4) is 0 Å². The average molecular weight is 267 g/mol. The lowest BCUT2D eigenvalue weighted by Crippen LogP contribution is -2.61. The van der Waals surface area contributed by atoms with Crippen LogP contribution in [0.4, 0.5) is 4.79 Å². The van der Waals surface area contributed by atoms with E-state index in [0.29, 0.717) is 12.2 Å². The van der Waals surface area contributed by atoms with Crippen molar-refractivity contribution in [3.05, 3.63) is 0 Å². The maximum Gasteiger partial charge on any atom is 0.407 e. The number of Topliss-reactive ketones (excluding diaryl/α,β-unsaturated/α-hetero) is 1. The van der Waals surface area contributed by atoms with Gasteiger partial charge in [-0.15, -0.1) is 0 Å². The molecule has 0 saturated heterocycles. The van der Waals surface area contributed by atoms with Crippen LogP contribution in [0.5, 0.6) is 0 Å². The number of hydrogen-bond acceptors (Lipinski definition) is 3. The van der Waals surface area contributed by atoms with Gasteiger partial charge in [-0.3, -0.25) is 4.79 Å². The van der Waals surface area contributed by atoms with E-state index in [9.17, 15) is 9.59 Å². The summed E-state index contributed by atoms with van der Waals surface area (Å²) >= 11 is 0. The number of rotatable bonds is 1. The molecule has 3 saturated carbocycles. The van der Waals surface area contributed by atoms with Gasteiger partial charge >= 0.3 is 6.09 Å². The summed E-state index contributed by atoms with van der Waals surface area (Å²) in [5.41, 5.74) is -0.597. The number of nitrogens with one attached hydrogen (secondary N) is 1. The molecule has 0 aromatic rings. The van der Waals surface area contributed by atoms with E-state index >= 15 is 0 Å². The Morgan fingerprint density at radius 3 is 2.53 bits per heavy atom. The molecule has 3 aliphatic rings. The molecule has 19 heavy (non-hydrogen) atoms. The highest BCUT2D eigenvalue weighted by atomic mass is 16.6. The quantitative estimate of drug-likeness (QED) is 0.794. The van der Waals surface area contributed by atoms with E-state index in [-0.39, 0.29) is 29.4 Å². The SMILES string of the molecule is C[C@@H]1[C@@H]2CC[C@@](C)(CC2=O)[C@@H]1NC(=O)OC(C)(C)C. The van der Waals surface area contributed by atoms with Gasteiger partial charge in [-0.2, -0.15) is 0 Å². The number of carbonyl (C=O) groups excluding carboxylic acids is 2. The molecule has 4 heteroatoms. The van der Waals surface area contributed by atoms with Gasteiger partial charge in [0.05, 0.1) is 0 Å². The highest BCUT2D eigenvalue weighted by Crippen LogP contribution is 2.51. The predicted molar refractivity (Wildman–Crippen MR) is 72.8 cm³/mol. The average Bonchev–Trinajstić information content (AvgIpc) is 2.20. The normalized spacial score (nSPS) is 38.2. The van der Waals surface area contributed by atoms with E-state index in [2.05, 4.69) is 19.2 Å². The minimum Gasteiger partial charge on any atom is -0.444 e. The summed E-state index contributed by atoms with van der Waals surface area (Å²) in [6.07, 6.45) is 2.19. The summed E-state index contributed by atoms with van der Waals surface area (Å²) in [7, 11) is 0. The third-order valence-electron chi connectivity index (χ3n) is 4.60. The number of hydrogen-bond donors (Lipinski definition) is 1. The molecule has 3 rings (SSSR count). The Labute approximate surface area is 115 Å². The molecule has 3 aliphatic carbocycles. The van der Waals surface area contributed by atoms with E-state index in [1.165, 1.54) is 0 Å². The molecule has 2 bridgehead atoms. The van der Waals surface area contributed by atoms with Crippen molar-refractivity contribution in [3.63, 3.8) is 0 Å². The summed E-state index contributed by atoms with van der Waals surface area (Å²) in [5.74, 6) is 0.678. The first-order chi connectivity index (χ1) is 8.62. The van der Waals surface area contributed by atoms with E-state index in [4.69, 9.17) is 4.74 Å². The fourth-order valence-corrected chi connectivity index (χ4v) is 3.69. The molecule has 1 amide bonds. The van der Waals surface area contributed by atoms with Gasteiger partial charge < -0.3 is 10.1 Å². The van der Waals surface area contributed by atoms with Crippen molar-refractivity contribution < 1.29 is 14.3 Å². The van der Waals surface area contributed by atoms with Crippen molar-refractivity contribution in [2.75, 3.05) is 0 Å². The van der Waals surface area contributed by atoms with Gasteiger partial charge in [0, 0.05) is 18.4 Å². The van der Waals surface area contributed by atoms with E-state index in [0.717, 1.165) is 12.8 Å². The van der Waals surface area contributed by atoms with Gasteiger partial charge in [0.15, 0.2) is 0 Å². The summed E-state index contributed by atoms with van der Waals surface area (Å²) < 4.78 is 5.33. The van der Waals surface area contributed by atoms with Crippen LogP contribution in [0.15, 0.2) is 0 Å². The summed E-state index contributed by atoms with van der Waals surface area (Å²) in [6, 6.07) is 0.0406. The van der Waals surface area contributed by atoms with Crippen LogP contribution in [0.25, 0.3) is 0 Å². The monoisotopic (exact) mass is 267 g/mol. The number of fused-ring (bicyclic) bond motifs is 3. The zero-order valence-corrected chi connectivity index (χ0v) is 12.6. The molecule has 3 fully saturated rings. The molecular formula is C15H25NO3. The number of ketones is 1. The van der Waals surface area contributed by atoms with Crippen molar-refractivity contribution in [1.29, 1.82) is 0 Å². The Hall–Kier alpha value is -1.06. The summed E-state index contributed by atoms with van der Waals surface area (Å²) in [5, 5.41) is 3.00. The topological polar surface area (TPSA) is 55.4 Å². The summed E-state index contributed by atoms with van der Waals surface area (Å²) in [6.45, 7) is 9.75. The van der Waals surface area contributed by atoms with Crippen LogP contribution in [0.1, 0.15) is 53.9 Å². The molecule has 0 unspecified atom stereocenters. The zero-order chi connectivity index (χ0) is 14.4. The number of carbonyl (C=O) groups is 2. The van der Waals surface area contributed by atoms with Crippen LogP contribution in [0.3, 0.4) is 0 Å². The highest BCUT2D eigenvalue weighted by Gasteiger charge is 2.53. The van der Waals surface area contributed by atoms with Crippen LogP contribution in [-0.2, 0) is 9.53 Å². The highest BCUT2D eigenvalue weighted by molar-refractivity contribution is 5.84. The Morgan fingerprint density at radius 1 is 1.42 bits per heavy atom. The molecule has 4 nitrogen and oxygen atoms in total. The van der Waals surface area contributed by atoms with Gasteiger partial charge in [0.2, 0.25) is 0 Å². The van der Waals surface area contributed by atoms with Crippen molar-refractivity contribution in [2.24, 2.45) is 17.3 Å². The second-order valence-electron chi connectivity index (χ2n) is 7.43. The molecule has 0 aromatic carbocycles. The van der Waals surface area contributed by atoms with E-state index in [1.54, 1.807) is 0 Å². The van der Waals surface area contributed by atoms with Crippen molar-refractivity contribution in [2.45, 2.75) is 65.5 Å². The van der Waals surface area contributed by atoms with Crippen molar-refractivity contribution >= 4 is 11.9 Å². The lowest BCUT2D eigenvalue weighted by Gasteiger charge is -2.53. The Balaban J connectivity index is 2.08. The molecule has 1 N–H and O–H groups in total. The maximum absolute atomic E-state index is 12.0. The van der Waals surface area contributed by atoms with Crippen LogP contribution in [0, 0.1) is 17.3 Å². The zero-order valence-electron chi connectivity index (χ0n) is 12.6. The third-order valence-corrected chi connectivity index (χ3v) is 4.60. The van der Waals surface area contributed by atoms with Gasteiger partial charge in [-0.25, -0.2) is 4.79 Å². The number of ether oxygens (including phenoxy) is 1. The molecular weight excluding hydrogens is 242 g/mol. The van der Waals surface area contributed by atoms with Crippen LogP contribution < -0.4 is 5.32 Å². The number of amides is 1. The second-order valence-corrected chi connectivity index (χ2v) is 7.43. The molecule has 0 aliphatic heterocycles. The molecule has 0 radical (unpaired) electrons. The Bertz CT molecular complexity index is 399. The maximum atomic E-state index is 12.0. The smallest absolute Gasteiger partial charge is 0.407 e. The minimum atomic E-state index is -0.488. The first-order valence-corrected chi connectivity index (χ1v) is 7.15. The molecule has 0 aromatic heterocycles. The number of alkyl carbamates (subject to hydrolysis) is 1. The van der Waals surface area contributed by atoms with Gasteiger partial charge in [0.25, 0.3) is 0 Å². The molecule has 4 atom stereocenters. The van der Waals surface area contributed by atoms with E-state index < -0.39 is 5.60 Å². The van der Waals surface area contributed by atoms with Crippen LogP contribution in [0.2, 0.25) is 0 Å². The largest absolute Gasteiger partial charge is 0.444 e. The standard InChI is InChI=1S/C15H25NO3/c1-9-10-6-7-15(5,8-11(10)17)12(9)16-13(18)19-14(2,3)4/h9-10,12H,6-8H2,1-5H3,(H,16,18)/t9-,10+,12-,15+/m1/s1. The lowest BCUT2D eigenvalue weighted by atomic mass is 9.54. The first kappa shape index (κ1) is 14.4. The molecule has 0 heterocycles. The second kappa shape index (κ2) is 4.50. The van der Waals surface area contributed by atoms with Crippen LogP contribution >= 0.6 is 0 Å². The Morgan fingerprint density at radius 2 is 2.05 bits per heavy atom. The predicted octanol–water partition coefficient (Wildman–Crippen LogP) is 2.90. The first-order valence-electron chi connectivity index (χ1n) is 7.15. The molecule has 0 spiro atoms. The van der Waals surface area contributed by atoms with Crippen molar-refractivity contribution in [1.82, 2.24) is 5.32 Å². The van der Waals surface area contributed by atoms with Gasteiger partial charge in [0.1, 0.15) is 11.4 Å². The van der Waals surface area contributed by atoms with Crippen LogP contribution in [-0.4, -0.2) is 23.5 Å². The van der Waals surface area contributed by atoms with Gasteiger partial charge in [-0.05, 0) is 44.9 Å². The van der Waals surface area contributed by atoms with Gasteiger partial charge in [-0.1, -0.05) is 13.8 Å². The fourth-order valence-electron chi connectivity index (χ4n) is 3.69. The van der Waals surface area contributed by atoms with E-state index in [1.807, 2.05) is 20.8 Å². The Kier molecular flexibility index (Phi) is 3.40. The minimum absolute atomic E-state index is 0.0406. The lowest BCUT2D eigenvalue weighted by molar-refractivity contribution is -0.139. The molecule has 108 valence electrons. The fraction of sp³-hybridized carbons (Fsp3) is 0.867. The third kappa shape index (κ3) is 2.77. The summed E-state index contributed by atoms with van der Waals surface area (Å²) in [4.78, 5) is 23.9.